The van der Waals surface area contributed by atoms with Crippen LogP contribution in [-0.4, -0.2) is 26.4 Å². The van der Waals surface area contributed by atoms with E-state index in [1.54, 1.807) is 0 Å². The molecular weight excluding hydrogens is 1110 g/mol. The van der Waals surface area contributed by atoms with Crippen molar-refractivity contribution in [3.05, 3.63) is 47.5 Å². The molecule has 0 aliphatic heterocycles. The van der Waals surface area contributed by atoms with Crippen LogP contribution in [0.5, 0.6) is 23.0 Å². The Labute approximate surface area is 570 Å². The molecule has 4 heteroatoms. The second-order valence-corrected chi connectivity index (χ2v) is 29.0. The summed E-state index contributed by atoms with van der Waals surface area (Å²) in [6, 6.07) is 13.5. The second-order valence-electron chi connectivity index (χ2n) is 29.0. The molecule has 0 fully saturated rings. The standard InChI is InChI=1S/C87H160O4/c1-5-9-13-17-21-25-29-33-37-41-45-49-53-57-61-65-76-88-84-74-72-82(86(80-84)90-78-67-63-59-55-51-47-43-39-35-31-27-23-19-15-11-7-3)70-69-71-83-73-75-85(89-77-66-62-58-54-50-46-42-38-34-30-26-22-18-14-10-6-2)81-87(83)91-79-68-64-60-56-52-48-44-40-36-32-28-24-20-16-12-8-4/h72-75,80-81H,5-71,76-79H2,1-4H3. The van der Waals surface area contributed by atoms with Gasteiger partial charge in [0, 0.05) is 12.1 Å². The van der Waals surface area contributed by atoms with Crippen LogP contribution in [0.25, 0.3) is 0 Å². The first kappa shape index (κ1) is 84.7. The zero-order valence-electron chi connectivity index (χ0n) is 62.3. The van der Waals surface area contributed by atoms with Gasteiger partial charge in [-0.25, -0.2) is 0 Å². The van der Waals surface area contributed by atoms with Crippen molar-refractivity contribution >= 4 is 0 Å². The van der Waals surface area contributed by atoms with Crippen molar-refractivity contribution in [2.45, 2.75) is 458 Å². The summed E-state index contributed by atoms with van der Waals surface area (Å²) in [5.41, 5.74) is 2.61. The number of benzene rings is 2. The van der Waals surface area contributed by atoms with Crippen molar-refractivity contribution in [1.29, 1.82) is 0 Å². The summed E-state index contributed by atoms with van der Waals surface area (Å²) in [6.07, 6.45) is 91.7. The molecule has 0 saturated carbocycles. The molecule has 4 nitrogen and oxygen atoms in total. The number of aryl methyl sites for hydroxylation is 2. The van der Waals surface area contributed by atoms with Crippen molar-refractivity contribution in [2.75, 3.05) is 26.4 Å². The summed E-state index contributed by atoms with van der Waals surface area (Å²) in [5, 5.41) is 0. The molecule has 0 amide bonds. The lowest BCUT2D eigenvalue weighted by Gasteiger charge is -2.16. The molecule has 0 aromatic heterocycles. The van der Waals surface area contributed by atoms with E-state index in [4.69, 9.17) is 18.9 Å². The van der Waals surface area contributed by atoms with Gasteiger partial charge in [0.05, 0.1) is 26.4 Å². The minimum absolute atomic E-state index is 0.784. The maximum Gasteiger partial charge on any atom is 0.126 e. The molecule has 0 spiro atoms. The highest BCUT2D eigenvalue weighted by Crippen LogP contribution is 2.31. The average molecular weight is 1270 g/mol. The maximum absolute atomic E-state index is 6.71. The highest BCUT2D eigenvalue weighted by molar-refractivity contribution is 5.43. The first-order valence-electron chi connectivity index (χ1n) is 42.0. The topological polar surface area (TPSA) is 36.9 Å². The fraction of sp³-hybridized carbons (Fsp3) is 0.862. The van der Waals surface area contributed by atoms with Crippen molar-refractivity contribution in [3.63, 3.8) is 0 Å². The summed E-state index contributed by atoms with van der Waals surface area (Å²) in [6.45, 7) is 12.4. The summed E-state index contributed by atoms with van der Waals surface area (Å²) in [7, 11) is 0. The van der Waals surface area contributed by atoms with Gasteiger partial charge in [-0.1, -0.05) is 425 Å². The third-order valence-corrected chi connectivity index (χ3v) is 20.0. The molecular formula is C87H160O4. The molecule has 91 heavy (non-hydrogen) atoms. The minimum atomic E-state index is 0.784. The lowest BCUT2D eigenvalue weighted by atomic mass is 10.0. The predicted octanol–water partition coefficient (Wildman–Crippen LogP) is 30.4. The van der Waals surface area contributed by atoms with Crippen LogP contribution in [0.2, 0.25) is 0 Å². The zero-order chi connectivity index (χ0) is 64.7. The van der Waals surface area contributed by atoms with Crippen LogP contribution in [0, 0.1) is 0 Å². The van der Waals surface area contributed by atoms with E-state index < -0.39 is 0 Å². The molecule has 2 aromatic rings. The molecule has 2 rings (SSSR count). The van der Waals surface area contributed by atoms with Gasteiger partial charge in [-0.15, -0.1) is 0 Å². The lowest BCUT2D eigenvalue weighted by molar-refractivity contribution is 0.287. The Morgan fingerprint density at radius 3 is 0.527 bits per heavy atom. The molecule has 0 bridgehead atoms. The number of unbranched alkanes of at least 4 members (excludes halogenated alkanes) is 60. The summed E-state index contributed by atoms with van der Waals surface area (Å²) >= 11 is 0. The van der Waals surface area contributed by atoms with Crippen LogP contribution < -0.4 is 18.9 Å². The van der Waals surface area contributed by atoms with Gasteiger partial charge in [0.1, 0.15) is 23.0 Å². The Morgan fingerprint density at radius 2 is 0.341 bits per heavy atom. The molecule has 0 heterocycles. The fourth-order valence-corrected chi connectivity index (χ4v) is 13.7. The highest BCUT2D eigenvalue weighted by atomic mass is 16.5. The third kappa shape index (κ3) is 57.6. The van der Waals surface area contributed by atoms with Crippen LogP contribution in [0.15, 0.2) is 36.4 Å². The van der Waals surface area contributed by atoms with E-state index in [1.807, 2.05) is 0 Å². The SMILES string of the molecule is CCCCCCCCCCCCCCCCCCOc1ccc(CCCc2ccc(OCCCCCCCCCCCCCCCCCC)cc2OCCCCCCCCCCCCCCCCCC)c(OCCCCCCCCCCCCCCCCCC)c1. The van der Waals surface area contributed by atoms with Crippen molar-refractivity contribution in [3.8, 4) is 23.0 Å². The van der Waals surface area contributed by atoms with Gasteiger partial charge in [-0.3, -0.25) is 0 Å². The number of hydrogen-bond acceptors (Lipinski definition) is 4. The van der Waals surface area contributed by atoms with Gasteiger partial charge >= 0.3 is 0 Å². The van der Waals surface area contributed by atoms with Gasteiger partial charge < -0.3 is 18.9 Å². The normalized spacial score (nSPS) is 11.6. The van der Waals surface area contributed by atoms with E-state index in [1.165, 1.54) is 396 Å². The van der Waals surface area contributed by atoms with E-state index in [0.717, 1.165) is 94.4 Å². The molecule has 2 aromatic carbocycles. The summed E-state index contributed by atoms with van der Waals surface area (Å²) < 4.78 is 26.3. The van der Waals surface area contributed by atoms with Crippen LogP contribution in [0.4, 0.5) is 0 Å². The van der Waals surface area contributed by atoms with Gasteiger partial charge in [-0.2, -0.15) is 0 Å². The second kappa shape index (κ2) is 70.4. The van der Waals surface area contributed by atoms with E-state index >= 15 is 0 Å². The fourth-order valence-electron chi connectivity index (χ4n) is 13.7. The summed E-state index contributed by atoms with van der Waals surface area (Å²) in [5.74, 6) is 3.99. The average Bonchev–Trinajstić information content (AvgIpc) is 2.19. The first-order valence-corrected chi connectivity index (χ1v) is 42.0. The molecule has 0 aliphatic rings. The van der Waals surface area contributed by atoms with Gasteiger partial charge in [0.15, 0.2) is 0 Å². The van der Waals surface area contributed by atoms with E-state index in [9.17, 15) is 0 Å². The quantitative estimate of drug-likeness (QED) is 0.0619. The molecule has 0 N–H and O–H groups in total. The molecule has 0 unspecified atom stereocenters. The Morgan fingerprint density at radius 1 is 0.176 bits per heavy atom. The lowest BCUT2D eigenvalue weighted by Crippen LogP contribution is -2.04. The molecule has 532 valence electrons. The smallest absolute Gasteiger partial charge is 0.126 e. The number of hydrogen-bond donors (Lipinski definition) is 0. The molecule has 0 radical (unpaired) electrons. The van der Waals surface area contributed by atoms with Crippen LogP contribution in [0.3, 0.4) is 0 Å². The Kier molecular flexibility index (Phi) is 65.6. The predicted molar refractivity (Wildman–Crippen MR) is 405 cm³/mol. The van der Waals surface area contributed by atoms with Crippen LogP contribution >= 0.6 is 0 Å². The Hall–Kier alpha value is -2.36. The molecule has 0 saturated heterocycles. The van der Waals surface area contributed by atoms with Crippen molar-refractivity contribution < 1.29 is 18.9 Å². The maximum atomic E-state index is 6.71. The zero-order valence-corrected chi connectivity index (χ0v) is 62.3. The van der Waals surface area contributed by atoms with Gasteiger partial charge in [0.25, 0.3) is 0 Å². The number of rotatable bonds is 76. The van der Waals surface area contributed by atoms with Crippen molar-refractivity contribution in [2.24, 2.45) is 0 Å². The Balaban J connectivity index is 1.90. The molecule has 0 atom stereocenters. The van der Waals surface area contributed by atoms with Gasteiger partial charge in [-0.05, 0) is 68.2 Å². The van der Waals surface area contributed by atoms with Crippen molar-refractivity contribution in [1.82, 2.24) is 0 Å². The summed E-state index contributed by atoms with van der Waals surface area (Å²) in [4.78, 5) is 0. The van der Waals surface area contributed by atoms with Crippen LogP contribution in [-0.2, 0) is 12.8 Å². The largest absolute Gasteiger partial charge is 0.493 e. The van der Waals surface area contributed by atoms with Crippen LogP contribution in [0.1, 0.15) is 456 Å². The van der Waals surface area contributed by atoms with E-state index in [0.29, 0.717) is 0 Å². The minimum Gasteiger partial charge on any atom is -0.493 e. The number of ether oxygens (including phenoxy) is 4. The molecule has 0 aliphatic carbocycles. The Bertz CT molecular complexity index is 1600. The van der Waals surface area contributed by atoms with E-state index in [-0.39, 0.29) is 0 Å². The first-order chi connectivity index (χ1) is 45.2. The third-order valence-electron chi connectivity index (χ3n) is 20.0. The highest BCUT2D eigenvalue weighted by Gasteiger charge is 2.12. The van der Waals surface area contributed by atoms with E-state index in [2.05, 4.69) is 64.1 Å². The van der Waals surface area contributed by atoms with Gasteiger partial charge in [0.2, 0.25) is 0 Å². The monoisotopic (exact) mass is 1270 g/mol.